The van der Waals surface area contributed by atoms with Crippen molar-refractivity contribution >= 4 is 12.0 Å². The van der Waals surface area contributed by atoms with E-state index in [1.165, 1.54) is 12.8 Å². The summed E-state index contributed by atoms with van der Waals surface area (Å²) < 4.78 is 5.73. The maximum atomic E-state index is 11.6. The van der Waals surface area contributed by atoms with Crippen molar-refractivity contribution in [1.29, 1.82) is 0 Å². The van der Waals surface area contributed by atoms with Gasteiger partial charge in [-0.15, -0.1) is 0 Å². The molecule has 0 aromatic rings. The Morgan fingerprint density at radius 2 is 2.30 bits per heavy atom. The Bertz CT molecular complexity index is 364. The average molecular weight is 285 g/mol. The van der Waals surface area contributed by atoms with Crippen molar-refractivity contribution in [2.45, 2.75) is 44.4 Å². The lowest BCUT2D eigenvalue weighted by Gasteiger charge is -2.35. The fourth-order valence-electron chi connectivity index (χ4n) is 2.80. The van der Waals surface area contributed by atoms with Crippen molar-refractivity contribution in [3.63, 3.8) is 0 Å². The van der Waals surface area contributed by atoms with Crippen LogP contribution in [0.5, 0.6) is 0 Å². The molecule has 3 atom stereocenters. The minimum atomic E-state index is -0.923. The summed E-state index contributed by atoms with van der Waals surface area (Å²) in [5.41, 5.74) is 0. The minimum Gasteiger partial charge on any atom is -0.481 e. The number of ether oxygens (including phenoxy) is 1. The summed E-state index contributed by atoms with van der Waals surface area (Å²) >= 11 is 0. The summed E-state index contributed by atoms with van der Waals surface area (Å²) in [6.07, 6.45) is 2.36. The molecule has 3 N–H and O–H groups in total. The van der Waals surface area contributed by atoms with Crippen LogP contribution in [0.15, 0.2) is 0 Å². The van der Waals surface area contributed by atoms with Gasteiger partial charge in [0.2, 0.25) is 0 Å². The summed E-state index contributed by atoms with van der Waals surface area (Å²) in [4.78, 5) is 24.5. The van der Waals surface area contributed by atoms with E-state index in [0.29, 0.717) is 12.6 Å². The van der Waals surface area contributed by atoms with Gasteiger partial charge in [-0.05, 0) is 26.3 Å². The van der Waals surface area contributed by atoms with E-state index in [0.717, 1.165) is 19.7 Å². The predicted molar refractivity (Wildman–Crippen MR) is 72.6 cm³/mol. The molecule has 2 rings (SSSR count). The van der Waals surface area contributed by atoms with E-state index in [-0.39, 0.29) is 24.6 Å². The van der Waals surface area contributed by atoms with Gasteiger partial charge in [0, 0.05) is 25.2 Å². The number of fused-ring (bicyclic) bond motifs is 1. The SMILES string of the molecule is CC(CC(=O)O)NC(=O)NCC1CN2CCCC2CO1. The zero-order valence-electron chi connectivity index (χ0n) is 11.8. The Kier molecular flexibility index (Phi) is 5.19. The van der Waals surface area contributed by atoms with Gasteiger partial charge in [0.05, 0.1) is 19.1 Å². The second-order valence-electron chi connectivity index (χ2n) is 5.60. The van der Waals surface area contributed by atoms with Crippen LogP contribution in [0.25, 0.3) is 0 Å². The predicted octanol–water partition coefficient (Wildman–Crippen LogP) is 0.0120. The van der Waals surface area contributed by atoms with E-state index >= 15 is 0 Å². The number of hydrogen-bond donors (Lipinski definition) is 3. The standard InChI is InChI=1S/C13H23N3O4/c1-9(5-12(17)18)15-13(19)14-6-11-7-16-4-2-3-10(16)8-20-11/h9-11H,2-8H2,1H3,(H,17,18)(H2,14,15,19). The number of urea groups is 1. The third-order valence-electron chi connectivity index (χ3n) is 3.81. The van der Waals surface area contributed by atoms with E-state index in [1.807, 2.05) is 0 Å². The molecule has 0 aliphatic carbocycles. The van der Waals surface area contributed by atoms with Crippen LogP contribution in [0.2, 0.25) is 0 Å². The molecule has 0 radical (unpaired) electrons. The van der Waals surface area contributed by atoms with E-state index in [2.05, 4.69) is 15.5 Å². The first-order valence-electron chi connectivity index (χ1n) is 7.16. The molecule has 2 aliphatic heterocycles. The van der Waals surface area contributed by atoms with Crippen LogP contribution in [0.4, 0.5) is 4.79 Å². The quantitative estimate of drug-likeness (QED) is 0.662. The first-order valence-corrected chi connectivity index (χ1v) is 7.16. The van der Waals surface area contributed by atoms with Crippen LogP contribution in [-0.4, -0.2) is 66.4 Å². The lowest BCUT2D eigenvalue weighted by Crippen LogP contribution is -2.51. The highest BCUT2D eigenvalue weighted by Gasteiger charge is 2.32. The van der Waals surface area contributed by atoms with E-state index in [1.54, 1.807) is 6.92 Å². The molecule has 2 aliphatic rings. The van der Waals surface area contributed by atoms with Gasteiger partial charge in [-0.2, -0.15) is 0 Å². The van der Waals surface area contributed by atoms with Gasteiger partial charge in [0.15, 0.2) is 0 Å². The van der Waals surface area contributed by atoms with Crippen molar-refractivity contribution in [2.75, 3.05) is 26.2 Å². The lowest BCUT2D eigenvalue weighted by molar-refractivity contribution is -0.137. The highest BCUT2D eigenvalue weighted by molar-refractivity contribution is 5.75. The Balaban J connectivity index is 1.64. The summed E-state index contributed by atoms with van der Waals surface area (Å²) in [5.74, 6) is -0.923. The first kappa shape index (κ1) is 15.1. The summed E-state index contributed by atoms with van der Waals surface area (Å²) in [5, 5.41) is 14.0. The van der Waals surface area contributed by atoms with Crippen LogP contribution in [-0.2, 0) is 9.53 Å². The molecule has 2 heterocycles. The number of aliphatic carboxylic acids is 1. The van der Waals surface area contributed by atoms with E-state index in [9.17, 15) is 9.59 Å². The molecule has 7 nitrogen and oxygen atoms in total. The van der Waals surface area contributed by atoms with Crippen molar-refractivity contribution in [3.8, 4) is 0 Å². The van der Waals surface area contributed by atoms with Gasteiger partial charge in [0.1, 0.15) is 0 Å². The third kappa shape index (κ3) is 4.35. The number of carbonyl (C=O) groups excluding carboxylic acids is 1. The van der Waals surface area contributed by atoms with Crippen molar-refractivity contribution in [1.82, 2.24) is 15.5 Å². The number of rotatable bonds is 5. The molecule has 3 unspecified atom stereocenters. The van der Waals surface area contributed by atoms with Crippen LogP contribution >= 0.6 is 0 Å². The molecule has 2 saturated heterocycles. The normalized spacial score (nSPS) is 27.6. The molecule has 0 aromatic heterocycles. The van der Waals surface area contributed by atoms with Crippen LogP contribution in [0, 0.1) is 0 Å². The molecule has 20 heavy (non-hydrogen) atoms. The maximum absolute atomic E-state index is 11.6. The van der Waals surface area contributed by atoms with Crippen molar-refractivity contribution in [3.05, 3.63) is 0 Å². The summed E-state index contributed by atoms with van der Waals surface area (Å²) in [7, 11) is 0. The van der Waals surface area contributed by atoms with Gasteiger partial charge in [-0.25, -0.2) is 4.79 Å². The number of morpholine rings is 1. The van der Waals surface area contributed by atoms with Crippen LogP contribution < -0.4 is 10.6 Å². The number of nitrogens with zero attached hydrogens (tertiary/aromatic N) is 1. The third-order valence-corrected chi connectivity index (χ3v) is 3.81. The Hall–Kier alpha value is -1.34. The van der Waals surface area contributed by atoms with Crippen molar-refractivity contribution in [2.24, 2.45) is 0 Å². The molecule has 0 bridgehead atoms. The topological polar surface area (TPSA) is 90.9 Å². The van der Waals surface area contributed by atoms with Gasteiger partial charge in [0.25, 0.3) is 0 Å². The summed E-state index contributed by atoms with van der Waals surface area (Å²) in [6.45, 7) is 4.83. The number of carbonyl (C=O) groups is 2. The van der Waals surface area contributed by atoms with Gasteiger partial charge < -0.3 is 20.5 Å². The fraction of sp³-hybridized carbons (Fsp3) is 0.846. The monoisotopic (exact) mass is 285 g/mol. The number of amides is 2. The maximum Gasteiger partial charge on any atom is 0.315 e. The minimum absolute atomic E-state index is 0.0184. The summed E-state index contributed by atoms with van der Waals surface area (Å²) in [6, 6.07) is -0.177. The molecule has 2 amide bonds. The molecule has 114 valence electrons. The second kappa shape index (κ2) is 6.90. The largest absolute Gasteiger partial charge is 0.481 e. The number of carboxylic acids is 1. The zero-order chi connectivity index (χ0) is 14.5. The molecular formula is C13H23N3O4. The van der Waals surface area contributed by atoms with E-state index < -0.39 is 5.97 Å². The smallest absolute Gasteiger partial charge is 0.315 e. The molecule has 0 aromatic carbocycles. The molecular weight excluding hydrogens is 262 g/mol. The highest BCUT2D eigenvalue weighted by Crippen LogP contribution is 2.22. The lowest BCUT2D eigenvalue weighted by atomic mass is 10.2. The first-order chi connectivity index (χ1) is 9.54. The number of nitrogens with one attached hydrogen (secondary N) is 2. The highest BCUT2D eigenvalue weighted by atomic mass is 16.5. The van der Waals surface area contributed by atoms with Crippen molar-refractivity contribution < 1.29 is 19.4 Å². The molecule has 0 saturated carbocycles. The van der Waals surface area contributed by atoms with Gasteiger partial charge >= 0.3 is 12.0 Å². The second-order valence-corrected chi connectivity index (χ2v) is 5.60. The Morgan fingerprint density at radius 3 is 3.05 bits per heavy atom. The molecule has 2 fully saturated rings. The molecule has 0 spiro atoms. The zero-order valence-corrected chi connectivity index (χ0v) is 11.8. The number of hydrogen-bond acceptors (Lipinski definition) is 4. The number of carboxylic acid groups (broad SMARTS) is 1. The van der Waals surface area contributed by atoms with Crippen LogP contribution in [0.1, 0.15) is 26.2 Å². The van der Waals surface area contributed by atoms with E-state index in [4.69, 9.17) is 9.84 Å². The fourth-order valence-corrected chi connectivity index (χ4v) is 2.80. The van der Waals surface area contributed by atoms with Crippen LogP contribution in [0.3, 0.4) is 0 Å². The Morgan fingerprint density at radius 1 is 1.50 bits per heavy atom. The Labute approximate surface area is 118 Å². The van der Waals surface area contributed by atoms with Gasteiger partial charge in [-0.3, -0.25) is 9.69 Å². The molecule has 7 heteroatoms. The average Bonchev–Trinajstić information content (AvgIpc) is 2.82. The van der Waals surface area contributed by atoms with Gasteiger partial charge in [-0.1, -0.05) is 0 Å².